The summed E-state index contributed by atoms with van der Waals surface area (Å²) in [5.41, 5.74) is 2.02. The van der Waals surface area contributed by atoms with Gasteiger partial charge < -0.3 is 5.32 Å². The van der Waals surface area contributed by atoms with E-state index in [0.29, 0.717) is 12.0 Å². The zero-order valence-electron chi connectivity index (χ0n) is 14.0. The maximum Gasteiger partial charge on any atom is 0.126 e. The number of hydrogen-bond donors (Lipinski definition) is 1. The van der Waals surface area contributed by atoms with Crippen molar-refractivity contribution in [3.8, 4) is 0 Å². The van der Waals surface area contributed by atoms with E-state index in [1.807, 2.05) is 19.1 Å². The molecule has 0 radical (unpaired) electrons. The number of halogens is 1. The molecule has 3 unspecified atom stereocenters. The van der Waals surface area contributed by atoms with Gasteiger partial charge in [-0.15, -0.1) is 0 Å². The van der Waals surface area contributed by atoms with E-state index in [9.17, 15) is 4.39 Å². The van der Waals surface area contributed by atoms with E-state index in [2.05, 4.69) is 26.1 Å². The molecule has 1 aliphatic rings. The molecule has 1 aromatic rings. The molecule has 0 heterocycles. The van der Waals surface area contributed by atoms with Crippen LogP contribution in [0.1, 0.15) is 63.6 Å². The number of hydrogen-bond acceptors (Lipinski definition) is 1. The molecule has 0 aliphatic heterocycles. The van der Waals surface area contributed by atoms with Gasteiger partial charge in [-0.25, -0.2) is 4.39 Å². The Hall–Kier alpha value is -0.890. The summed E-state index contributed by atoms with van der Waals surface area (Å²) in [4.78, 5) is 0. The van der Waals surface area contributed by atoms with Crippen LogP contribution < -0.4 is 5.32 Å². The Morgan fingerprint density at radius 2 is 1.86 bits per heavy atom. The van der Waals surface area contributed by atoms with E-state index in [1.54, 1.807) is 6.07 Å². The molecule has 0 saturated heterocycles. The standard InChI is InChI=1S/C19H30FN/c1-5-8-21-19(16-6-7-18(20)15(4)12-16)17-10-13(2)9-14(3)11-17/h6-7,12-14,17,19,21H,5,8-11H2,1-4H3. The third-order valence-corrected chi connectivity index (χ3v) is 4.84. The molecule has 2 heteroatoms. The molecule has 2 rings (SSSR count). The molecule has 0 amide bonds. The topological polar surface area (TPSA) is 12.0 Å². The lowest BCUT2D eigenvalue weighted by atomic mass is 9.72. The Labute approximate surface area is 129 Å². The molecule has 0 bridgehead atoms. The van der Waals surface area contributed by atoms with Crippen molar-refractivity contribution >= 4 is 0 Å². The summed E-state index contributed by atoms with van der Waals surface area (Å²) in [5, 5.41) is 3.72. The van der Waals surface area contributed by atoms with E-state index in [0.717, 1.165) is 30.4 Å². The van der Waals surface area contributed by atoms with Crippen molar-refractivity contribution < 1.29 is 4.39 Å². The molecule has 1 aliphatic carbocycles. The maximum absolute atomic E-state index is 13.6. The van der Waals surface area contributed by atoms with Crippen LogP contribution >= 0.6 is 0 Å². The number of benzene rings is 1. The van der Waals surface area contributed by atoms with Crippen LogP contribution in [-0.4, -0.2) is 6.54 Å². The first-order chi connectivity index (χ1) is 10.0. The zero-order chi connectivity index (χ0) is 15.4. The molecule has 1 aromatic carbocycles. The maximum atomic E-state index is 13.6. The first-order valence-electron chi connectivity index (χ1n) is 8.50. The van der Waals surface area contributed by atoms with Crippen molar-refractivity contribution in [1.82, 2.24) is 5.32 Å². The van der Waals surface area contributed by atoms with Crippen molar-refractivity contribution in [3.05, 3.63) is 35.1 Å². The highest BCUT2D eigenvalue weighted by Gasteiger charge is 2.30. The fourth-order valence-electron chi connectivity index (χ4n) is 4.00. The Morgan fingerprint density at radius 1 is 1.19 bits per heavy atom. The van der Waals surface area contributed by atoms with Crippen LogP contribution in [-0.2, 0) is 0 Å². The first kappa shape index (κ1) is 16.5. The van der Waals surface area contributed by atoms with E-state index in [4.69, 9.17) is 0 Å². The van der Waals surface area contributed by atoms with E-state index in [1.165, 1.54) is 24.8 Å². The summed E-state index contributed by atoms with van der Waals surface area (Å²) < 4.78 is 13.6. The van der Waals surface area contributed by atoms with Gasteiger partial charge in [0, 0.05) is 6.04 Å². The summed E-state index contributed by atoms with van der Waals surface area (Å²) in [6.07, 6.45) is 5.04. The quantitative estimate of drug-likeness (QED) is 0.781. The smallest absolute Gasteiger partial charge is 0.126 e. The highest BCUT2D eigenvalue weighted by atomic mass is 19.1. The lowest BCUT2D eigenvalue weighted by Crippen LogP contribution is -2.33. The normalized spacial score (nSPS) is 27.6. The van der Waals surface area contributed by atoms with Crippen molar-refractivity contribution in [2.75, 3.05) is 6.54 Å². The van der Waals surface area contributed by atoms with E-state index >= 15 is 0 Å². The minimum Gasteiger partial charge on any atom is -0.310 e. The number of rotatable bonds is 5. The van der Waals surface area contributed by atoms with Crippen molar-refractivity contribution in [2.45, 2.75) is 59.4 Å². The minimum atomic E-state index is -0.0987. The summed E-state index contributed by atoms with van der Waals surface area (Å²) in [6, 6.07) is 6.00. The van der Waals surface area contributed by atoms with Gasteiger partial charge in [-0.05, 0) is 74.1 Å². The predicted octanol–water partition coefficient (Wildman–Crippen LogP) is 5.25. The fourth-order valence-corrected chi connectivity index (χ4v) is 4.00. The summed E-state index contributed by atoms with van der Waals surface area (Å²) in [5.74, 6) is 2.16. The lowest BCUT2D eigenvalue weighted by Gasteiger charge is -2.37. The van der Waals surface area contributed by atoms with Gasteiger partial charge in [0.15, 0.2) is 0 Å². The first-order valence-corrected chi connectivity index (χ1v) is 8.50. The second-order valence-corrected chi connectivity index (χ2v) is 7.12. The Kier molecular flexibility index (Phi) is 5.80. The second kappa shape index (κ2) is 7.40. The highest BCUT2D eigenvalue weighted by molar-refractivity contribution is 5.27. The average molecular weight is 291 g/mol. The van der Waals surface area contributed by atoms with Gasteiger partial charge in [-0.1, -0.05) is 32.9 Å². The largest absolute Gasteiger partial charge is 0.310 e. The van der Waals surface area contributed by atoms with Crippen LogP contribution in [0.3, 0.4) is 0 Å². The monoisotopic (exact) mass is 291 g/mol. The Morgan fingerprint density at radius 3 is 2.43 bits per heavy atom. The van der Waals surface area contributed by atoms with Crippen LogP contribution in [0.15, 0.2) is 18.2 Å². The highest BCUT2D eigenvalue weighted by Crippen LogP contribution is 2.40. The van der Waals surface area contributed by atoms with Crippen molar-refractivity contribution in [2.24, 2.45) is 17.8 Å². The molecule has 0 spiro atoms. The summed E-state index contributed by atoms with van der Waals surface area (Å²) in [7, 11) is 0. The second-order valence-electron chi connectivity index (χ2n) is 7.12. The molecular formula is C19H30FN. The molecule has 1 nitrogen and oxygen atoms in total. The van der Waals surface area contributed by atoms with Crippen LogP contribution in [0.5, 0.6) is 0 Å². The molecule has 1 saturated carbocycles. The SMILES string of the molecule is CCCNC(c1ccc(F)c(C)c1)C1CC(C)CC(C)C1. The molecule has 3 atom stereocenters. The van der Waals surface area contributed by atoms with Gasteiger partial charge in [-0.2, -0.15) is 0 Å². The van der Waals surface area contributed by atoms with Crippen LogP contribution in [0.25, 0.3) is 0 Å². The molecule has 118 valence electrons. The predicted molar refractivity (Wildman–Crippen MR) is 87.8 cm³/mol. The van der Waals surface area contributed by atoms with Crippen LogP contribution in [0.4, 0.5) is 4.39 Å². The zero-order valence-corrected chi connectivity index (χ0v) is 14.0. The van der Waals surface area contributed by atoms with Gasteiger partial charge in [-0.3, -0.25) is 0 Å². The third kappa shape index (κ3) is 4.29. The molecule has 21 heavy (non-hydrogen) atoms. The Bertz CT molecular complexity index is 447. The molecule has 1 fully saturated rings. The Balaban J connectivity index is 2.22. The number of nitrogens with one attached hydrogen (secondary N) is 1. The molecular weight excluding hydrogens is 261 g/mol. The summed E-state index contributed by atoms with van der Waals surface area (Å²) >= 11 is 0. The van der Waals surface area contributed by atoms with Crippen LogP contribution in [0.2, 0.25) is 0 Å². The van der Waals surface area contributed by atoms with Gasteiger partial charge in [0.25, 0.3) is 0 Å². The van der Waals surface area contributed by atoms with Gasteiger partial charge in [0.1, 0.15) is 5.82 Å². The van der Waals surface area contributed by atoms with Gasteiger partial charge in [0.2, 0.25) is 0 Å². The van der Waals surface area contributed by atoms with E-state index in [-0.39, 0.29) is 5.82 Å². The van der Waals surface area contributed by atoms with E-state index < -0.39 is 0 Å². The van der Waals surface area contributed by atoms with Crippen molar-refractivity contribution in [3.63, 3.8) is 0 Å². The molecule has 0 aromatic heterocycles. The van der Waals surface area contributed by atoms with Gasteiger partial charge in [0.05, 0.1) is 0 Å². The average Bonchev–Trinajstić information content (AvgIpc) is 2.42. The molecule has 1 N–H and O–H groups in total. The van der Waals surface area contributed by atoms with Crippen LogP contribution in [0, 0.1) is 30.5 Å². The fraction of sp³-hybridized carbons (Fsp3) is 0.684. The lowest BCUT2D eigenvalue weighted by molar-refractivity contribution is 0.176. The summed E-state index contributed by atoms with van der Waals surface area (Å²) in [6.45, 7) is 9.83. The third-order valence-electron chi connectivity index (χ3n) is 4.84. The number of aryl methyl sites for hydroxylation is 1. The van der Waals surface area contributed by atoms with Gasteiger partial charge >= 0.3 is 0 Å². The minimum absolute atomic E-state index is 0.0987. The van der Waals surface area contributed by atoms with Crippen molar-refractivity contribution in [1.29, 1.82) is 0 Å².